The van der Waals surface area contributed by atoms with Gasteiger partial charge in [-0.3, -0.25) is 4.79 Å². The minimum atomic E-state index is -4.36. The molecule has 0 saturated carbocycles. The van der Waals surface area contributed by atoms with Gasteiger partial charge in [-0.05, 0) is 12.8 Å². The van der Waals surface area contributed by atoms with Crippen molar-refractivity contribution in [2.75, 3.05) is 26.3 Å². The molecule has 1 aliphatic rings. The molecule has 0 bridgehead atoms. The second-order valence-corrected chi connectivity index (χ2v) is 3.90. The molecule has 0 aromatic carbocycles. The van der Waals surface area contributed by atoms with Crippen LogP contribution in [0.1, 0.15) is 25.7 Å². The number of alkyl halides is 3. The van der Waals surface area contributed by atoms with Gasteiger partial charge in [-0.1, -0.05) is 12.8 Å². The van der Waals surface area contributed by atoms with Crippen molar-refractivity contribution < 1.29 is 22.7 Å². The van der Waals surface area contributed by atoms with E-state index in [1.807, 2.05) is 0 Å². The summed E-state index contributed by atoms with van der Waals surface area (Å²) in [6.07, 6.45) is -0.366. The van der Waals surface area contributed by atoms with Gasteiger partial charge >= 0.3 is 6.18 Å². The molecule has 6 heteroatoms. The van der Waals surface area contributed by atoms with Crippen molar-refractivity contribution in [3.8, 4) is 0 Å². The quantitative estimate of drug-likeness (QED) is 0.753. The molecule has 1 amide bonds. The lowest BCUT2D eigenvalue weighted by Gasteiger charge is -2.20. The van der Waals surface area contributed by atoms with Gasteiger partial charge in [0.1, 0.15) is 13.2 Å². The number of hydrogen-bond acceptors (Lipinski definition) is 2. The number of carbonyl (C=O) groups is 1. The Bertz CT molecular complexity index is 223. The third-order valence-electron chi connectivity index (χ3n) is 2.45. The van der Waals surface area contributed by atoms with Gasteiger partial charge < -0.3 is 9.64 Å². The summed E-state index contributed by atoms with van der Waals surface area (Å²) in [5.41, 5.74) is 0. The van der Waals surface area contributed by atoms with E-state index in [-0.39, 0.29) is 5.91 Å². The molecule has 1 aliphatic heterocycles. The van der Waals surface area contributed by atoms with E-state index in [1.54, 1.807) is 4.90 Å². The summed E-state index contributed by atoms with van der Waals surface area (Å²) in [7, 11) is 0. The van der Waals surface area contributed by atoms with E-state index in [1.165, 1.54) is 0 Å². The fraction of sp³-hybridized carbons (Fsp3) is 0.900. The molecule has 0 atom stereocenters. The number of rotatable bonds is 3. The number of hydrogen-bond donors (Lipinski definition) is 0. The van der Waals surface area contributed by atoms with Crippen molar-refractivity contribution in [2.24, 2.45) is 0 Å². The van der Waals surface area contributed by atoms with Crippen LogP contribution in [0, 0.1) is 0 Å². The smallest absolute Gasteiger partial charge is 0.362 e. The van der Waals surface area contributed by atoms with Crippen LogP contribution in [-0.2, 0) is 9.53 Å². The van der Waals surface area contributed by atoms with Gasteiger partial charge in [0.25, 0.3) is 0 Å². The van der Waals surface area contributed by atoms with Crippen LogP contribution in [0.3, 0.4) is 0 Å². The van der Waals surface area contributed by atoms with E-state index >= 15 is 0 Å². The van der Waals surface area contributed by atoms with Gasteiger partial charge in [0, 0.05) is 13.1 Å². The maximum absolute atomic E-state index is 11.8. The summed E-state index contributed by atoms with van der Waals surface area (Å²) in [6.45, 7) is -0.561. The van der Waals surface area contributed by atoms with E-state index < -0.39 is 19.4 Å². The molecule has 0 aromatic heterocycles. The van der Waals surface area contributed by atoms with E-state index in [4.69, 9.17) is 0 Å². The van der Waals surface area contributed by atoms with Crippen molar-refractivity contribution in [2.45, 2.75) is 31.9 Å². The third kappa shape index (κ3) is 5.34. The third-order valence-corrected chi connectivity index (χ3v) is 2.45. The summed E-state index contributed by atoms with van der Waals surface area (Å²) in [4.78, 5) is 13.1. The van der Waals surface area contributed by atoms with Crippen LogP contribution in [0.2, 0.25) is 0 Å². The lowest BCUT2D eigenvalue weighted by atomic mass is 10.2. The van der Waals surface area contributed by atoms with Gasteiger partial charge in [-0.25, -0.2) is 0 Å². The SMILES string of the molecule is O=C(COCC(F)(F)F)N1CCCCCC1. The maximum Gasteiger partial charge on any atom is 0.411 e. The van der Waals surface area contributed by atoms with Crippen LogP contribution < -0.4 is 0 Å². The largest absolute Gasteiger partial charge is 0.411 e. The number of halogens is 3. The second-order valence-electron chi connectivity index (χ2n) is 3.90. The molecule has 0 aliphatic carbocycles. The molecule has 0 radical (unpaired) electrons. The molecule has 3 nitrogen and oxygen atoms in total. The molecule has 0 spiro atoms. The van der Waals surface area contributed by atoms with Crippen molar-refractivity contribution in [1.82, 2.24) is 4.90 Å². The molecule has 16 heavy (non-hydrogen) atoms. The first-order valence-electron chi connectivity index (χ1n) is 5.41. The van der Waals surface area contributed by atoms with Gasteiger partial charge in [0.2, 0.25) is 5.91 Å². The minimum absolute atomic E-state index is 0.342. The number of likely N-dealkylation sites (tertiary alicyclic amines) is 1. The normalized spacial score (nSPS) is 18.3. The van der Waals surface area contributed by atoms with Gasteiger partial charge in [0.05, 0.1) is 0 Å². The number of amides is 1. The lowest BCUT2D eigenvalue weighted by Crippen LogP contribution is -2.35. The molecule has 1 saturated heterocycles. The molecule has 0 N–H and O–H groups in total. The monoisotopic (exact) mass is 239 g/mol. The zero-order valence-corrected chi connectivity index (χ0v) is 9.05. The van der Waals surface area contributed by atoms with Gasteiger partial charge in [0.15, 0.2) is 0 Å². The Morgan fingerprint density at radius 3 is 2.19 bits per heavy atom. The molecular formula is C10H16F3NO2. The average molecular weight is 239 g/mol. The molecular weight excluding hydrogens is 223 g/mol. The highest BCUT2D eigenvalue weighted by atomic mass is 19.4. The fourth-order valence-electron chi connectivity index (χ4n) is 1.67. The number of nitrogens with zero attached hydrogens (tertiary/aromatic N) is 1. The first-order valence-corrected chi connectivity index (χ1v) is 5.41. The van der Waals surface area contributed by atoms with Crippen molar-refractivity contribution in [1.29, 1.82) is 0 Å². The number of ether oxygens (including phenoxy) is 1. The Balaban J connectivity index is 2.23. The first-order chi connectivity index (χ1) is 7.49. The summed E-state index contributed by atoms with van der Waals surface area (Å²) in [5, 5.41) is 0. The molecule has 0 aromatic rings. The van der Waals surface area contributed by atoms with Crippen LogP contribution >= 0.6 is 0 Å². The summed E-state index contributed by atoms with van der Waals surface area (Å²) in [5.74, 6) is -0.342. The van der Waals surface area contributed by atoms with Crippen LogP contribution in [0.15, 0.2) is 0 Å². The van der Waals surface area contributed by atoms with Crippen molar-refractivity contribution in [3.05, 3.63) is 0 Å². The summed E-state index contributed by atoms with van der Waals surface area (Å²) >= 11 is 0. The Kier molecular flexibility index (Phi) is 5.05. The molecule has 0 unspecified atom stereocenters. The Labute approximate surface area is 92.5 Å². The maximum atomic E-state index is 11.8. The van der Waals surface area contributed by atoms with E-state index in [9.17, 15) is 18.0 Å². The molecule has 1 heterocycles. The van der Waals surface area contributed by atoms with E-state index in [0.717, 1.165) is 25.7 Å². The highest BCUT2D eigenvalue weighted by molar-refractivity contribution is 5.77. The lowest BCUT2D eigenvalue weighted by molar-refractivity contribution is -0.177. The molecule has 1 rings (SSSR count). The predicted octanol–water partition coefficient (Wildman–Crippen LogP) is 1.97. The fourth-order valence-corrected chi connectivity index (χ4v) is 1.67. The Hall–Kier alpha value is -0.780. The highest BCUT2D eigenvalue weighted by Crippen LogP contribution is 2.15. The predicted molar refractivity (Wildman–Crippen MR) is 51.9 cm³/mol. The first kappa shape index (κ1) is 13.3. The topological polar surface area (TPSA) is 29.5 Å². The standard InChI is InChI=1S/C10H16F3NO2/c11-10(12,13)8-16-7-9(15)14-5-3-1-2-4-6-14/h1-8H2. The average Bonchev–Trinajstić information content (AvgIpc) is 2.43. The van der Waals surface area contributed by atoms with E-state index in [0.29, 0.717) is 13.1 Å². The van der Waals surface area contributed by atoms with Crippen molar-refractivity contribution in [3.63, 3.8) is 0 Å². The van der Waals surface area contributed by atoms with Crippen LogP contribution in [0.25, 0.3) is 0 Å². The minimum Gasteiger partial charge on any atom is -0.362 e. The molecule has 94 valence electrons. The zero-order chi connectivity index (χ0) is 12.0. The zero-order valence-electron chi connectivity index (χ0n) is 9.05. The second kappa shape index (κ2) is 6.08. The van der Waals surface area contributed by atoms with E-state index in [2.05, 4.69) is 4.74 Å². The number of carbonyl (C=O) groups excluding carboxylic acids is 1. The Morgan fingerprint density at radius 1 is 1.12 bits per heavy atom. The van der Waals surface area contributed by atoms with Crippen LogP contribution in [-0.4, -0.2) is 43.3 Å². The summed E-state index contributed by atoms with van der Waals surface area (Å²) in [6, 6.07) is 0. The van der Waals surface area contributed by atoms with Crippen LogP contribution in [0.5, 0.6) is 0 Å². The van der Waals surface area contributed by atoms with Crippen LogP contribution in [0.4, 0.5) is 13.2 Å². The van der Waals surface area contributed by atoms with Gasteiger partial charge in [-0.2, -0.15) is 13.2 Å². The molecule has 1 fully saturated rings. The highest BCUT2D eigenvalue weighted by Gasteiger charge is 2.28. The van der Waals surface area contributed by atoms with Crippen molar-refractivity contribution >= 4 is 5.91 Å². The Morgan fingerprint density at radius 2 is 1.69 bits per heavy atom. The summed E-state index contributed by atoms with van der Waals surface area (Å²) < 4.78 is 39.6. The van der Waals surface area contributed by atoms with Gasteiger partial charge in [-0.15, -0.1) is 0 Å².